The fraction of sp³-hybridized carbons (Fsp3) is 0.625. The first-order valence-corrected chi connectivity index (χ1v) is 7.17. The van der Waals surface area contributed by atoms with Gasteiger partial charge in [0.1, 0.15) is 5.82 Å². The maximum atomic E-state index is 14.2. The van der Waals surface area contributed by atoms with Gasteiger partial charge in [-0.2, -0.15) is 0 Å². The molecule has 3 heteroatoms. The second kappa shape index (κ2) is 7.49. The van der Waals surface area contributed by atoms with E-state index in [0.29, 0.717) is 24.1 Å². The van der Waals surface area contributed by atoms with E-state index in [1.807, 2.05) is 12.1 Å². The summed E-state index contributed by atoms with van der Waals surface area (Å²) in [6, 6.07) is 5.50. The van der Waals surface area contributed by atoms with E-state index in [0.717, 1.165) is 25.1 Å². The molecule has 2 N–H and O–H groups in total. The number of nitrogens with two attached hydrogens (primary N) is 1. The minimum atomic E-state index is -0.132. The van der Waals surface area contributed by atoms with E-state index in [2.05, 4.69) is 32.6 Å². The summed E-state index contributed by atoms with van der Waals surface area (Å²) < 4.78 is 14.2. The molecule has 0 fully saturated rings. The lowest BCUT2D eigenvalue weighted by molar-refractivity contribution is 0.537. The zero-order valence-corrected chi connectivity index (χ0v) is 12.6. The van der Waals surface area contributed by atoms with Crippen LogP contribution in [0.2, 0.25) is 0 Å². The van der Waals surface area contributed by atoms with Crippen LogP contribution in [0.4, 0.5) is 10.1 Å². The van der Waals surface area contributed by atoms with Crippen molar-refractivity contribution >= 4 is 5.69 Å². The maximum absolute atomic E-state index is 14.2. The van der Waals surface area contributed by atoms with E-state index in [9.17, 15) is 4.39 Å². The molecule has 0 aliphatic carbocycles. The molecule has 0 aromatic heterocycles. The highest BCUT2D eigenvalue weighted by Crippen LogP contribution is 2.23. The Hall–Kier alpha value is -1.09. The van der Waals surface area contributed by atoms with E-state index in [-0.39, 0.29) is 5.82 Å². The lowest BCUT2D eigenvalue weighted by Gasteiger charge is -2.29. The summed E-state index contributed by atoms with van der Waals surface area (Å²) in [6.07, 6.45) is 0.728. The third-order valence-electron chi connectivity index (χ3n) is 2.96. The third-order valence-corrected chi connectivity index (χ3v) is 2.96. The predicted octanol–water partition coefficient (Wildman–Crippen LogP) is 3.45. The largest absolute Gasteiger partial charge is 0.369 e. The number of anilines is 1. The monoisotopic (exact) mass is 266 g/mol. The Kier molecular flexibility index (Phi) is 6.29. The van der Waals surface area contributed by atoms with Gasteiger partial charge in [0, 0.05) is 13.1 Å². The molecular weight excluding hydrogens is 239 g/mol. The second-order valence-corrected chi connectivity index (χ2v) is 6.02. The summed E-state index contributed by atoms with van der Waals surface area (Å²) in [5, 5.41) is 0. The third kappa shape index (κ3) is 5.19. The molecule has 0 saturated carbocycles. The summed E-state index contributed by atoms with van der Waals surface area (Å²) in [4.78, 5) is 2.15. The quantitative estimate of drug-likeness (QED) is 0.819. The Morgan fingerprint density at radius 2 is 1.68 bits per heavy atom. The molecule has 1 aromatic carbocycles. The molecule has 0 bridgehead atoms. The van der Waals surface area contributed by atoms with E-state index in [1.165, 1.54) is 0 Å². The van der Waals surface area contributed by atoms with Crippen LogP contribution in [0.15, 0.2) is 18.2 Å². The van der Waals surface area contributed by atoms with Gasteiger partial charge in [0.05, 0.1) is 5.69 Å². The minimum absolute atomic E-state index is 0.132. The zero-order chi connectivity index (χ0) is 14.4. The minimum Gasteiger partial charge on any atom is -0.369 e. The Balaban J connectivity index is 2.94. The smallest absolute Gasteiger partial charge is 0.146 e. The molecule has 2 nitrogen and oxygen atoms in total. The molecule has 0 saturated heterocycles. The van der Waals surface area contributed by atoms with Crippen molar-refractivity contribution in [1.82, 2.24) is 0 Å². The van der Waals surface area contributed by atoms with Crippen LogP contribution in [0.5, 0.6) is 0 Å². The average molecular weight is 266 g/mol. The van der Waals surface area contributed by atoms with Crippen molar-refractivity contribution in [3.8, 4) is 0 Å². The van der Waals surface area contributed by atoms with Gasteiger partial charge >= 0.3 is 0 Å². The van der Waals surface area contributed by atoms with Crippen molar-refractivity contribution in [3.63, 3.8) is 0 Å². The van der Waals surface area contributed by atoms with Crippen LogP contribution < -0.4 is 10.6 Å². The van der Waals surface area contributed by atoms with E-state index >= 15 is 0 Å². The molecule has 108 valence electrons. The first kappa shape index (κ1) is 16.0. The standard InChI is InChI=1S/C16H27FN2/c1-12(2)10-19(11-13(3)4)16-6-5-14(7-8-18)9-15(16)17/h5-6,9,12-13H,7-8,10-11,18H2,1-4H3. The predicted molar refractivity (Wildman–Crippen MR) is 81.0 cm³/mol. The summed E-state index contributed by atoms with van der Waals surface area (Å²) in [6.45, 7) is 11.0. The molecule has 0 amide bonds. The first-order valence-electron chi connectivity index (χ1n) is 7.17. The summed E-state index contributed by atoms with van der Waals surface area (Å²) in [5.41, 5.74) is 7.19. The number of nitrogens with zero attached hydrogens (tertiary/aromatic N) is 1. The van der Waals surface area contributed by atoms with Gasteiger partial charge in [0.2, 0.25) is 0 Å². The zero-order valence-electron chi connectivity index (χ0n) is 12.6. The van der Waals surface area contributed by atoms with E-state index in [1.54, 1.807) is 6.07 Å². The van der Waals surface area contributed by atoms with Crippen molar-refractivity contribution in [3.05, 3.63) is 29.6 Å². The van der Waals surface area contributed by atoms with Crippen LogP contribution in [0.3, 0.4) is 0 Å². The Morgan fingerprint density at radius 1 is 1.11 bits per heavy atom. The molecule has 0 unspecified atom stereocenters. The molecule has 0 aliphatic rings. The molecule has 0 aliphatic heterocycles. The molecule has 0 heterocycles. The van der Waals surface area contributed by atoms with Crippen LogP contribution >= 0.6 is 0 Å². The molecular formula is C16H27FN2. The highest BCUT2D eigenvalue weighted by molar-refractivity contribution is 5.49. The Labute approximate surface area is 116 Å². The second-order valence-electron chi connectivity index (χ2n) is 6.02. The summed E-state index contributed by atoms with van der Waals surface area (Å²) in [5.74, 6) is 0.899. The molecule has 1 rings (SSSR count). The number of hydrogen-bond donors (Lipinski definition) is 1. The fourth-order valence-corrected chi connectivity index (χ4v) is 2.28. The van der Waals surface area contributed by atoms with Crippen LogP contribution in [0.1, 0.15) is 33.3 Å². The number of rotatable bonds is 7. The van der Waals surface area contributed by atoms with Crippen molar-refractivity contribution < 1.29 is 4.39 Å². The van der Waals surface area contributed by atoms with Gasteiger partial charge in [-0.25, -0.2) is 4.39 Å². The molecule has 0 radical (unpaired) electrons. The number of halogens is 1. The van der Waals surface area contributed by atoms with Crippen molar-refractivity contribution in [2.45, 2.75) is 34.1 Å². The van der Waals surface area contributed by atoms with Crippen molar-refractivity contribution in [2.24, 2.45) is 17.6 Å². The van der Waals surface area contributed by atoms with Gasteiger partial charge < -0.3 is 10.6 Å². The van der Waals surface area contributed by atoms with Crippen LogP contribution in [-0.2, 0) is 6.42 Å². The SMILES string of the molecule is CC(C)CN(CC(C)C)c1ccc(CCN)cc1F. The molecule has 0 spiro atoms. The average Bonchev–Trinajstić information content (AvgIpc) is 2.27. The Morgan fingerprint density at radius 3 is 2.11 bits per heavy atom. The van der Waals surface area contributed by atoms with Gasteiger partial charge in [-0.15, -0.1) is 0 Å². The van der Waals surface area contributed by atoms with Crippen LogP contribution in [-0.4, -0.2) is 19.6 Å². The highest BCUT2D eigenvalue weighted by atomic mass is 19.1. The lowest BCUT2D eigenvalue weighted by Crippen LogP contribution is -2.32. The van der Waals surface area contributed by atoms with Gasteiger partial charge in [-0.3, -0.25) is 0 Å². The van der Waals surface area contributed by atoms with Crippen molar-refractivity contribution in [2.75, 3.05) is 24.5 Å². The van der Waals surface area contributed by atoms with Crippen LogP contribution in [0, 0.1) is 17.7 Å². The highest BCUT2D eigenvalue weighted by Gasteiger charge is 2.14. The summed E-state index contributed by atoms with van der Waals surface area (Å²) >= 11 is 0. The maximum Gasteiger partial charge on any atom is 0.146 e. The fourth-order valence-electron chi connectivity index (χ4n) is 2.28. The lowest BCUT2D eigenvalue weighted by atomic mass is 10.1. The van der Waals surface area contributed by atoms with Crippen molar-refractivity contribution in [1.29, 1.82) is 0 Å². The molecule has 1 aromatic rings. The topological polar surface area (TPSA) is 29.3 Å². The Bertz CT molecular complexity index is 378. The van der Waals surface area contributed by atoms with E-state index < -0.39 is 0 Å². The van der Waals surface area contributed by atoms with Gasteiger partial charge in [-0.1, -0.05) is 33.8 Å². The normalized spacial score (nSPS) is 11.4. The van der Waals surface area contributed by atoms with Crippen LogP contribution in [0.25, 0.3) is 0 Å². The van der Waals surface area contributed by atoms with E-state index in [4.69, 9.17) is 5.73 Å². The van der Waals surface area contributed by atoms with Gasteiger partial charge in [0.15, 0.2) is 0 Å². The van der Waals surface area contributed by atoms with Gasteiger partial charge in [-0.05, 0) is 42.5 Å². The molecule has 0 atom stereocenters. The molecule has 19 heavy (non-hydrogen) atoms. The summed E-state index contributed by atoms with van der Waals surface area (Å²) in [7, 11) is 0. The number of benzene rings is 1. The number of hydrogen-bond acceptors (Lipinski definition) is 2. The first-order chi connectivity index (χ1) is 8.93. The van der Waals surface area contributed by atoms with Gasteiger partial charge in [0.25, 0.3) is 0 Å².